The van der Waals surface area contributed by atoms with Crippen LogP contribution in [0, 0.1) is 29.5 Å². The smallest absolute Gasteiger partial charge is 0.246 e. The van der Waals surface area contributed by atoms with Crippen LogP contribution >= 0.6 is 11.6 Å². The minimum atomic E-state index is -1.22. The van der Waals surface area contributed by atoms with Gasteiger partial charge in [-0.05, 0) is 49.5 Å². The van der Waals surface area contributed by atoms with Crippen molar-refractivity contribution >= 4 is 35.0 Å². The fourth-order valence-corrected chi connectivity index (χ4v) is 7.32. The van der Waals surface area contributed by atoms with E-state index < -0.39 is 41.3 Å². The third-order valence-electron chi connectivity index (χ3n) is 9.70. The van der Waals surface area contributed by atoms with Gasteiger partial charge in [0.05, 0.1) is 23.0 Å². The molecule has 1 aliphatic carbocycles. The standard InChI is InChI=1S/C30H40ClFN4O4/c1-5-35(6-2)14-15-36-26(28(38)34-22-9-7-8-17(3)18(22)4)30-13-12-23(40-30)24(25(30)29(36)39)27(37)33-19-10-11-21(32)20(31)16-19/h10-13,16-18,22-26H,5-9,14-15H2,1-4H3,(H,33,37)(H,34,38)/t17?,18?,22?,23-,24?,25-,26?,30?/m0/s1. The predicted molar refractivity (Wildman–Crippen MR) is 151 cm³/mol. The summed E-state index contributed by atoms with van der Waals surface area (Å²) in [5.74, 6) is -2.33. The van der Waals surface area contributed by atoms with Crippen molar-refractivity contribution in [1.29, 1.82) is 0 Å². The summed E-state index contributed by atoms with van der Waals surface area (Å²) in [5.41, 5.74) is -0.892. The summed E-state index contributed by atoms with van der Waals surface area (Å²) in [4.78, 5) is 45.6. The minimum Gasteiger partial charge on any atom is -0.359 e. The number of benzene rings is 1. The van der Waals surface area contributed by atoms with E-state index in [-0.39, 0.29) is 22.9 Å². The number of halogens is 2. The number of nitrogens with zero attached hydrogens (tertiary/aromatic N) is 2. The van der Waals surface area contributed by atoms with Gasteiger partial charge in [-0.15, -0.1) is 0 Å². The normalized spacial score (nSPS) is 34.4. The molecule has 218 valence electrons. The van der Waals surface area contributed by atoms with E-state index >= 15 is 0 Å². The van der Waals surface area contributed by atoms with Gasteiger partial charge in [-0.1, -0.05) is 64.3 Å². The summed E-state index contributed by atoms with van der Waals surface area (Å²) in [6, 6.07) is 3.10. The molecule has 40 heavy (non-hydrogen) atoms. The maximum absolute atomic E-state index is 14.1. The zero-order valence-electron chi connectivity index (χ0n) is 23.7. The van der Waals surface area contributed by atoms with Gasteiger partial charge in [0.2, 0.25) is 17.7 Å². The summed E-state index contributed by atoms with van der Waals surface area (Å²) in [5, 5.41) is 5.96. The highest BCUT2D eigenvalue weighted by atomic mass is 35.5. The molecule has 8 atom stereocenters. The molecule has 4 aliphatic rings. The molecule has 1 saturated carbocycles. The van der Waals surface area contributed by atoms with Gasteiger partial charge in [0, 0.05) is 24.8 Å². The van der Waals surface area contributed by atoms with Gasteiger partial charge in [0.25, 0.3) is 0 Å². The van der Waals surface area contributed by atoms with Crippen molar-refractivity contribution in [2.45, 2.75) is 70.7 Å². The molecule has 8 nitrogen and oxygen atoms in total. The zero-order chi connectivity index (χ0) is 28.8. The SMILES string of the molecule is CCN(CC)CCN1C(=O)[C@@H]2C(C(=O)Nc3ccc(F)c(Cl)c3)[C@@H]3C=CC2(O3)C1C(=O)NC1CCCC(C)C1C. The summed E-state index contributed by atoms with van der Waals surface area (Å²) in [6.45, 7) is 11.1. The Hall–Kier alpha value is -2.49. The van der Waals surface area contributed by atoms with E-state index in [1.807, 2.05) is 6.08 Å². The summed E-state index contributed by atoms with van der Waals surface area (Å²) in [6.07, 6.45) is 6.07. The second-order valence-corrected chi connectivity index (χ2v) is 12.2. The average molecular weight is 575 g/mol. The maximum atomic E-state index is 14.1. The number of ether oxygens (including phenoxy) is 1. The van der Waals surface area contributed by atoms with Crippen LogP contribution in [0.3, 0.4) is 0 Å². The van der Waals surface area contributed by atoms with Crippen LogP contribution in [0.2, 0.25) is 5.02 Å². The first-order valence-electron chi connectivity index (χ1n) is 14.6. The molecule has 1 aromatic carbocycles. The molecule has 2 bridgehead atoms. The maximum Gasteiger partial charge on any atom is 0.246 e. The van der Waals surface area contributed by atoms with Crippen LogP contribution in [-0.2, 0) is 19.1 Å². The van der Waals surface area contributed by atoms with Crippen LogP contribution in [0.4, 0.5) is 10.1 Å². The zero-order valence-corrected chi connectivity index (χ0v) is 24.4. The van der Waals surface area contributed by atoms with Crippen molar-refractivity contribution in [1.82, 2.24) is 15.1 Å². The van der Waals surface area contributed by atoms with E-state index in [1.165, 1.54) is 18.2 Å². The van der Waals surface area contributed by atoms with Crippen molar-refractivity contribution in [3.05, 3.63) is 41.2 Å². The molecule has 3 amide bonds. The van der Waals surface area contributed by atoms with Crippen LogP contribution in [0.5, 0.6) is 0 Å². The molecule has 5 rings (SSSR count). The lowest BCUT2D eigenvalue weighted by atomic mass is 9.73. The molecule has 1 spiro atoms. The Morgan fingerprint density at radius 1 is 1.20 bits per heavy atom. The fraction of sp³-hybridized carbons (Fsp3) is 0.633. The van der Waals surface area contributed by atoms with Crippen molar-refractivity contribution in [2.75, 3.05) is 31.5 Å². The van der Waals surface area contributed by atoms with Crippen LogP contribution in [0.15, 0.2) is 30.4 Å². The number of carbonyl (C=O) groups is 3. The molecule has 0 aromatic heterocycles. The van der Waals surface area contributed by atoms with Crippen molar-refractivity contribution in [3.8, 4) is 0 Å². The number of rotatable bonds is 9. The molecule has 3 fully saturated rings. The monoisotopic (exact) mass is 574 g/mol. The summed E-state index contributed by atoms with van der Waals surface area (Å²) in [7, 11) is 0. The highest BCUT2D eigenvalue weighted by molar-refractivity contribution is 6.31. The van der Waals surface area contributed by atoms with Crippen LogP contribution in [0.25, 0.3) is 0 Å². The Balaban J connectivity index is 1.43. The third kappa shape index (κ3) is 4.94. The number of hydrogen-bond acceptors (Lipinski definition) is 5. The second kappa shape index (κ2) is 11.4. The second-order valence-electron chi connectivity index (χ2n) is 11.8. The van der Waals surface area contributed by atoms with Gasteiger partial charge in [-0.25, -0.2) is 4.39 Å². The molecule has 1 aromatic rings. The topological polar surface area (TPSA) is 91.0 Å². The van der Waals surface area contributed by atoms with Crippen molar-refractivity contribution in [2.24, 2.45) is 23.7 Å². The Morgan fingerprint density at radius 3 is 2.65 bits per heavy atom. The number of fused-ring (bicyclic) bond motifs is 1. The lowest BCUT2D eigenvalue weighted by Gasteiger charge is -2.38. The molecule has 3 aliphatic heterocycles. The summed E-state index contributed by atoms with van der Waals surface area (Å²) < 4.78 is 20.1. The Labute approximate surface area is 240 Å². The molecular formula is C30H40ClFN4O4. The molecule has 10 heteroatoms. The molecular weight excluding hydrogens is 535 g/mol. The number of nitrogens with one attached hydrogen (secondary N) is 2. The van der Waals surface area contributed by atoms with E-state index in [2.05, 4.69) is 43.2 Å². The lowest BCUT2D eigenvalue weighted by Crippen LogP contribution is -2.58. The highest BCUT2D eigenvalue weighted by Gasteiger charge is 2.72. The third-order valence-corrected chi connectivity index (χ3v) is 9.99. The molecule has 2 N–H and O–H groups in total. The van der Waals surface area contributed by atoms with Gasteiger partial charge >= 0.3 is 0 Å². The number of amides is 3. The first kappa shape index (κ1) is 29.0. The van der Waals surface area contributed by atoms with Crippen molar-refractivity contribution in [3.63, 3.8) is 0 Å². The number of likely N-dealkylation sites (N-methyl/N-ethyl adjacent to an activating group) is 1. The van der Waals surface area contributed by atoms with E-state index in [0.29, 0.717) is 30.6 Å². The van der Waals surface area contributed by atoms with Gasteiger partial charge in [-0.2, -0.15) is 0 Å². The fourth-order valence-electron chi connectivity index (χ4n) is 7.14. The molecule has 3 heterocycles. The Bertz CT molecular complexity index is 1190. The van der Waals surface area contributed by atoms with Crippen LogP contribution in [-0.4, -0.2) is 77.5 Å². The number of carbonyl (C=O) groups excluding carboxylic acids is 3. The van der Waals surface area contributed by atoms with Crippen LogP contribution < -0.4 is 10.6 Å². The van der Waals surface area contributed by atoms with Gasteiger partial charge in [0.15, 0.2) is 0 Å². The molecule has 6 unspecified atom stereocenters. The van der Waals surface area contributed by atoms with Crippen LogP contribution in [0.1, 0.15) is 47.0 Å². The van der Waals surface area contributed by atoms with Gasteiger partial charge in [0.1, 0.15) is 17.5 Å². The quantitative estimate of drug-likeness (QED) is 0.437. The molecule has 0 radical (unpaired) electrons. The predicted octanol–water partition coefficient (Wildman–Crippen LogP) is 3.85. The first-order valence-corrected chi connectivity index (χ1v) is 14.9. The van der Waals surface area contributed by atoms with E-state index in [1.54, 1.807) is 11.0 Å². The lowest BCUT2D eigenvalue weighted by molar-refractivity contribution is -0.141. The molecule has 2 saturated heterocycles. The van der Waals surface area contributed by atoms with Crippen molar-refractivity contribution < 1.29 is 23.5 Å². The largest absolute Gasteiger partial charge is 0.359 e. The van der Waals surface area contributed by atoms with Gasteiger partial charge in [-0.3, -0.25) is 14.4 Å². The van der Waals surface area contributed by atoms with E-state index in [9.17, 15) is 18.8 Å². The Morgan fingerprint density at radius 2 is 1.95 bits per heavy atom. The number of hydrogen-bond donors (Lipinski definition) is 2. The number of likely N-dealkylation sites (tertiary alicyclic amines) is 1. The van der Waals surface area contributed by atoms with Gasteiger partial charge < -0.3 is 25.2 Å². The summed E-state index contributed by atoms with van der Waals surface area (Å²) >= 11 is 5.92. The van der Waals surface area contributed by atoms with E-state index in [0.717, 1.165) is 32.4 Å². The number of anilines is 1. The first-order chi connectivity index (χ1) is 19.1. The minimum absolute atomic E-state index is 0.0244. The average Bonchev–Trinajstić information content (AvgIpc) is 3.57. The van der Waals surface area contributed by atoms with E-state index in [4.69, 9.17) is 16.3 Å². The highest BCUT2D eigenvalue weighted by Crippen LogP contribution is 2.55. The Kier molecular flexibility index (Phi) is 8.28.